The molecule has 1 aromatic carbocycles. The number of ether oxygens (including phenoxy) is 14. The smallest absolute Gasteiger partial charge is 0.256 e. The van der Waals surface area contributed by atoms with Gasteiger partial charge in [0.2, 0.25) is 0 Å². The van der Waals surface area contributed by atoms with Crippen molar-refractivity contribution in [3.05, 3.63) is 41.7 Å². The number of aliphatic hydroxyl groups excluding tert-OH is 20. The quantitative estimate of drug-likeness (QED) is 0.105. The van der Waals surface area contributed by atoms with E-state index in [0.29, 0.717) is 5.56 Å². The van der Waals surface area contributed by atoms with Gasteiger partial charge in [0.15, 0.2) is 44.0 Å². The summed E-state index contributed by atoms with van der Waals surface area (Å²) in [6.45, 7) is -1.19. The minimum atomic E-state index is -2.30. The molecule has 21 aliphatic heterocycles. The number of carbonyl (C=O) groups is 1. The number of aliphatic hydroxyl groups is 20. The number of nitrogens with zero attached hydrogens (tertiary/aromatic N) is 1. The highest BCUT2D eigenvalue weighted by Gasteiger charge is 2.60. The number of amides is 1. The lowest BCUT2D eigenvalue weighted by atomic mass is 9.86. The van der Waals surface area contributed by atoms with Gasteiger partial charge in [-0.05, 0) is 11.0 Å². The van der Waals surface area contributed by atoms with Crippen molar-refractivity contribution >= 4 is 5.91 Å². The summed E-state index contributed by atoms with van der Waals surface area (Å²) in [4.78, 5) is 14.1. The van der Waals surface area contributed by atoms with Crippen molar-refractivity contribution < 1.29 is 178 Å². The minimum Gasteiger partial charge on any atom is -0.394 e. The van der Waals surface area contributed by atoms with Gasteiger partial charge in [-0.3, -0.25) is 4.79 Å². The van der Waals surface area contributed by atoms with Crippen molar-refractivity contribution in [2.45, 2.75) is 241 Å². The largest absolute Gasteiger partial charge is 0.394 e. The molecule has 23 rings (SSSR count). The van der Waals surface area contributed by atoms with Crippen LogP contribution in [-0.4, -0.2) is 374 Å². The van der Waals surface area contributed by atoms with Crippen molar-refractivity contribution in [3.8, 4) is 11.3 Å². The van der Waals surface area contributed by atoms with Gasteiger partial charge in [-0.25, -0.2) is 0 Å². The molecule has 38 nitrogen and oxygen atoms in total. The summed E-state index contributed by atoms with van der Waals surface area (Å²) in [6, 6.07) is 7.08. The molecule has 94 heavy (non-hydrogen) atoms. The molecular weight excluding hydrogens is 1280 g/mol. The number of benzene rings is 1. The average molecular weight is 1360 g/mol. The van der Waals surface area contributed by atoms with Crippen LogP contribution in [-0.2, 0) is 71.7 Å². The Morgan fingerprint density at radius 3 is 0.830 bits per heavy atom. The molecule has 38 heteroatoms. The lowest BCUT2D eigenvalue weighted by Gasteiger charge is -2.50. The molecule has 21 saturated heterocycles. The number of hydrogen-bond donors (Lipinski definition) is 21. The van der Waals surface area contributed by atoms with E-state index in [1.807, 2.05) is 32.9 Å². The number of carbonyl (C=O) groups excluding carboxylic acids is 1. The van der Waals surface area contributed by atoms with Crippen LogP contribution in [0.25, 0.3) is 11.3 Å². The van der Waals surface area contributed by atoms with E-state index in [0.717, 1.165) is 11.8 Å². The first-order valence-corrected chi connectivity index (χ1v) is 30.4. The Morgan fingerprint density at radius 1 is 0.362 bits per heavy atom. The second-order valence-corrected chi connectivity index (χ2v) is 25.1. The van der Waals surface area contributed by atoms with E-state index in [2.05, 4.69) is 10.5 Å². The van der Waals surface area contributed by atoms with Crippen LogP contribution < -0.4 is 5.32 Å². The summed E-state index contributed by atoms with van der Waals surface area (Å²) in [7, 11) is 0. The number of aromatic nitrogens is 1. The van der Waals surface area contributed by atoms with E-state index in [1.54, 1.807) is 12.1 Å². The first kappa shape index (κ1) is 73.3. The molecule has 0 unspecified atom stereocenters. The molecule has 21 aliphatic rings. The highest BCUT2D eigenvalue weighted by molar-refractivity contribution is 5.99. The Balaban J connectivity index is 0.950. The van der Waals surface area contributed by atoms with Gasteiger partial charge >= 0.3 is 0 Å². The Labute approximate surface area is 533 Å². The molecule has 0 spiro atoms. The molecule has 21 N–H and O–H groups in total. The Hall–Kier alpha value is -3.46. The van der Waals surface area contributed by atoms with Crippen molar-refractivity contribution in [1.29, 1.82) is 0 Å². The highest BCUT2D eigenvalue weighted by atomic mass is 16.8. The minimum absolute atomic E-state index is 0.0871. The predicted molar refractivity (Wildman–Crippen MR) is 294 cm³/mol. The summed E-state index contributed by atoms with van der Waals surface area (Å²) < 4.78 is 86.7. The Morgan fingerprint density at radius 2 is 0.596 bits per heavy atom. The van der Waals surface area contributed by atoms with Crippen LogP contribution in [0.4, 0.5) is 0 Å². The Bertz CT molecular complexity index is 2720. The molecule has 1 aromatic heterocycles. The molecule has 534 valence electrons. The van der Waals surface area contributed by atoms with Crippen LogP contribution in [0.3, 0.4) is 0 Å². The summed E-state index contributed by atoms with van der Waals surface area (Å²) in [5.74, 6) is -0.869. The first-order valence-electron chi connectivity index (χ1n) is 30.4. The van der Waals surface area contributed by atoms with Gasteiger partial charge < -0.3 is 178 Å². The van der Waals surface area contributed by atoms with Crippen LogP contribution >= 0.6 is 0 Å². The zero-order valence-corrected chi connectivity index (χ0v) is 50.5. The van der Waals surface area contributed by atoms with E-state index in [-0.39, 0.29) is 16.7 Å². The average Bonchev–Trinajstić information content (AvgIpc) is 0.987. The molecule has 2 aromatic rings. The van der Waals surface area contributed by atoms with Gasteiger partial charge in [0, 0.05) is 12.1 Å². The molecule has 21 fully saturated rings. The third-order valence-corrected chi connectivity index (χ3v) is 17.9. The van der Waals surface area contributed by atoms with E-state index in [4.69, 9.17) is 70.8 Å². The van der Waals surface area contributed by atoms with Crippen LogP contribution in [0.1, 0.15) is 36.7 Å². The molecule has 0 aliphatic carbocycles. The van der Waals surface area contributed by atoms with Gasteiger partial charge in [0.1, 0.15) is 188 Å². The summed E-state index contributed by atoms with van der Waals surface area (Å²) in [6.07, 6.45) is -70.9. The molecular formula is C56H84N2O36. The first-order chi connectivity index (χ1) is 44.7. The van der Waals surface area contributed by atoms with Crippen LogP contribution in [0.2, 0.25) is 0 Å². The van der Waals surface area contributed by atoms with Crippen molar-refractivity contribution in [2.75, 3.05) is 46.2 Å². The number of hydrogen-bond acceptors (Lipinski definition) is 37. The molecule has 22 heterocycles. The zero-order valence-electron chi connectivity index (χ0n) is 50.5. The van der Waals surface area contributed by atoms with E-state index in [1.165, 1.54) is 0 Å². The van der Waals surface area contributed by atoms with E-state index < -0.39 is 267 Å². The highest BCUT2D eigenvalue weighted by Crippen LogP contribution is 2.40. The number of nitrogens with one attached hydrogen (secondary N) is 1. The maximum absolute atomic E-state index is 14.1. The monoisotopic (exact) mass is 1360 g/mol. The van der Waals surface area contributed by atoms with Crippen LogP contribution in [0.15, 0.2) is 35.1 Å². The lowest BCUT2D eigenvalue weighted by molar-refractivity contribution is -0.396. The third kappa shape index (κ3) is 14.6. The second-order valence-electron chi connectivity index (χ2n) is 25.1. The van der Waals surface area contributed by atoms with Crippen LogP contribution in [0.5, 0.6) is 0 Å². The fraction of sp³-hybridized carbons (Fsp3) is 0.821. The fourth-order valence-electron chi connectivity index (χ4n) is 12.5. The van der Waals surface area contributed by atoms with Gasteiger partial charge in [-0.2, -0.15) is 0 Å². The Kier molecular flexibility index (Phi) is 23.8. The van der Waals surface area contributed by atoms with E-state index in [9.17, 15) is 107 Å². The standard InChI is InChI=1S/C56H84N2O36/c1-56(2,3)17-6-4-16(5-7-17)26-18(15-80-58-26)48(79)57-8-19-41-27(65)34(72)49(81-19)89-42-20(9-59)83-51(36(74)29(42)67)91-44-22(11-61)85-53(38(76)31(44)69)93-46-24(13-63)87-55(40(78)33(46)71)94-47-25(14-64)86-54(39(77)32(47)70)92-45-23(12-62)84-52(37(75)30(45)68)90-43-21(10-60)82-50(88-41)35(73)28(43)66/h4-7,15,19-25,27-47,49-55,59-78H,8-14H2,1-3H3,(H,57,79)/t19-,20+,21-,22+,23-,24+,25-,27+,28+,29-,30+,31+,32+,33+,34+,35+,36-,37+,38-,39+,40+,41+,42+,43+,44+,45+,46+,47+,49+,50+,51+,52+,53+,54+,55+/m0/s1. The summed E-state index contributed by atoms with van der Waals surface area (Å²) in [5.41, 5.74) is 1.15. The van der Waals surface area contributed by atoms with Gasteiger partial charge in [-0.1, -0.05) is 50.2 Å². The zero-order chi connectivity index (χ0) is 68.1. The molecule has 35 atom stereocenters. The third-order valence-electron chi connectivity index (χ3n) is 17.9. The number of rotatable bonds is 10. The van der Waals surface area contributed by atoms with E-state index >= 15 is 0 Å². The predicted octanol–water partition coefficient (Wildman–Crippen LogP) is -11.8. The topological polar surface area (TPSA) is 589 Å². The molecule has 14 bridgehead atoms. The molecule has 0 saturated carbocycles. The second kappa shape index (κ2) is 30.6. The SMILES string of the molecule is CC(C)(C)c1ccc(-c2nocc2C(=O)NC[C@@H]2O[C@@H]3O[C@H]4[C@@H](O)[C@H](O)[C@@H](O[C@H]5[C@H](O)[C@H](O)[C@@H](O[C@H]6[C@H](O)[C@@H](O)[C@@H](O[C@H]7[C@H](O)[C@@H](O)[C@@H](O[C@H]8[C@H](O)[C@@H](O)[C@@H](O[C@H]9[C@H](O)[C@@H](O)[C@@H](O[C@H]2[C@H](O)[C@H]3O)O[C@H]9CO)O[C@H]8CO)O[C@H]7CO)O[C@@H]6CO)O[C@@H]5CO)O[C@@H]4CO)cc1. The lowest BCUT2D eigenvalue weighted by Crippen LogP contribution is -2.68. The molecule has 0 radical (unpaired) electrons. The van der Waals surface area contributed by atoms with Gasteiger partial charge in [0.25, 0.3) is 5.91 Å². The van der Waals surface area contributed by atoms with Gasteiger partial charge in [0.05, 0.1) is 39.6 Å². The normalized spacial score (nSPS) is 47.6. The maximum Gasteiger partial charge on any atom is 0.256 e. The maximum atomic E-state index is 14.1. The molecule has 1 amide bonds. The van der Waals surface area contributed by atoms with Crippen LogP contribution in [0, 0.1) is 0 Å². The fourth-order valence-corrected chi connectivity index (χ4v) is 12.5. The van der Waals surface area contributed by atoms with Crippen molar-refractivity contribution in [2.24, 2.45) is 0 Å². The summed E-state index contributed by atoms with van der Waals surface area (Å²) >= 11 is 0. The van der Waals surface area contributed by atoms with Gasteiger partial charge in [-0.15, -0.1) is 0 Å². The van der Waals surface area contributed by atoms with Crippen molar-refractivity contribution in [3.63, 3.8) is 0 Å². The summed E-state index contributed by atoms with van der Waals surface area (Å²) in [5, 5.41) is 232. The van der Waals surface area contributed by atoms with Crippen molar-refractivity contribution in [1.82, 2.24) is 10.5 Å².